The van der Waals surface area contributed by atoms with E-state index in [2.05, 4.69) is 10.6 Å². The van der Waals surface area contributed by atoms with Crippen LogP contribution in [-0.2, 0) is 22.7 Å². The van der Waals surface area contributed by atoms with E-state index in [1.54, 1.807) is 0 Å². The van der Waals surface area contributed by atoms with Crippen molar-refractivity contribution in [2.24, 2.45) is 5.92 Å². The zero-order valence-electron chi connectivity index (χ0n) is 19.3. The van der Waals surface area contributed by atoms with Crippen LogP contribution in [0.15, 0.2) is 48.5 Å². The van der Waals surface area contributed by atoms with E-state index in [-0.39, 0.29) is 29.4 Å². The van der Waals surface area contributed by atoms with Crippen molar-refractivity contribution in [3.8, 4) is 0 Å². The third-order valence-corrected chi connectivity index (χ3v) is 6.21. The molecule has 3 rings (SSSR count). The molecule has 2 aromatic rings. The Bertz CT molecular complexity index is 937. The zero-order chi connectivity index (χ0) is 26.0. The molecule has 1 aliphatic heterocycles. The highest BCUT2D eigenvalue weighted by molar-refractivity contribution is 5.82. The van der Waals surface area contributed by atoms with Gasteiger partial charge >= 0.3 is 12.4 Å². The van der Waals surface area contributed by atoms with E-state index in [1.165, 1.54) is 0 Å². The van der Waals surface area contributed by atoms with Crippen LogP contribution in [0.25, 0.3) is 0 Å². The van der Waals surface area contributed by atoms with Crippen LogP contribution >= 0.6 is 0 Å². The van der Waals surface area contributed by atoms with Crippen molar-refractivity contribution in [2.45, 2.75) is 63.1 Å². The van der Waals surface area contributed by atoms with Crippen molar-refractivity contribution in [3.63, 3.8) is 0 Å². The molecule has 2 atom stereocenters. The van der Waals surface area contributed by atoms with Crippen LogP contribution in [0, 0.1) is 5.92 Å². The van der Waals surface area contributed by atoms with Gasteiger partial charge in [0.05, 0.1) is 23.2 Å². The van der Waals surface area contributed by atoms with Gasteiger partial charge in [-0.15, -0.1) is 0 Å². The van der Waals surface area contributed by atoms with E-state index in [1.807, 2.05) is 13.8 Å². The highest BCUT2D eigenvalue weighted by atomic mass is 19.4. The summed E-state index contributed by atoms with van der Waals surface area (Å²) in [6.07, 6.45) is -7.62. The summed E-state index contributed by atoms with van der Waals surface area (Å²) in [7, 11) is 0. The van der Waals surface area contributed by atoms with Crippen LogP contribution in [-0.4, -0.2) is 29.6 Å². The predicted molar refractivity (Wildman–Crippen MR) is 118 cm³/mol. The Morgan fingerprint density at radius 3 is 1.69 bits per heavy atom. The molecule has 0 unspecified atom stereocenters. The second-order valence-corrected chi connectivity index (χ2v) is 9.26. The SMILES string of the molecule is CC(C)C[C@H](NC(=O)[C@@H]1CCCN1)C(O)(c1ccc(C(F)(F)F)cc1)c1ccc(C(F)(F)F)cc1. The molecule has 2 aromatic carbocycles. The Morgan fingerprint density at radius 1 is 0.914 bits per heavy atom. The lowest BCUT2D eigenvalue weighted by molar-refractivity contribution is -0.138. The van der Waals surface area contributed by atoms with Gasteiger partial charge < -0.3 is 15.7 Å². The molecule has 192 valence electrons. The summed E-state index contributed by atoms with van der Waals surface area (Å²) in [5.74, 6) is -0.447. The molecule has 0 radical (unpaired) electrons. The summed E-state index contributed by atoms with van der Waals surface area (Å²) in [5.41, 5.74) is -3.91. The van der Waals surface area contributed by atoms with Gasteiger partial charge in [-0.3, -0.25) is 4.79 Å². The molecule has 35 heavy (non-hydrogen) atoms. The molecule has 0 saturated carbocycles. The largest absolute Gasteiger partial charge is 0.416 e. The molecule has 10 heteroatoms. The Balaban J connectivity index is 2.11. The maximum absolute atomic E-state index is 13.1. The van der Waals surface area contributed by atoms with E-state index in [9.17, 15) is 36.2 Å². The monoisotopic (exact) mass is 502 g/mol. The molecule has 1 saturated heterocycles. The number of halogens is 6. The van der Waals surface area contributed by atoms with Gasteiger partial charge in [0.25, 0.3) is 0 Å². The minimum absolute atomic E-state index is 0.0237. The van der Waals surface area contributed by atoms with Crippen molar-refractivity contribution in [1.82, 2.24) is 10.6 Å². The van der Waals surface area contributed by atoms with Gasteiger partial charge in [-0.1, -0.05) is 38.1 Å². The molecule has 1 heterocycles. The fourth-order valence-electron chi connectivity index (χ4n) is 4.38. The maximum atomic E-state index is 13.1. The normalized spacial score (nSPS) is 18.1. The molecule has 4 nitrogen and oxygen atoms in total. The van der Waals surface area contributed by atoms with Crippen molar-refractivity contribution in [3.05, 3.63) is 70.8 Å². The Kier molecular flexibility index (Phi) is 7.86. The lowest BCUT2D eigenvalue weighted by atomic mass is 9.76. The van der Waals surface area contributed by atoms with E-state index in [0.29, 0.717) is 13.0 Å². The van der Waals surface area contributed by atoms with Gasteiger partial charge in [0.1, 0.15) is 5.60 Å². The van der Waals surface area contributed by atoms with Crippen molar-refractivity contribution >= 4 is 5.91 Å². The van der Waals surface area contributed by atoms with Crippen LogP contribution in [0.5, 0.6) is 0 Å². The first kappa shape index (κ1) is 27.0. The standard InChI is InChI=1S/C25H28F6N2O2/c1-15(2)14-21(33-22(34)20-4-3-13-32-20)23(35,16-5-9-18(10-6-16)24(26,27)28)17-7-11-19(12-8-17)25(29,30)31/h5-12,15,20-21,32,35H,3-4,13-14H2,1-2H3,(H,33,34)/t20-,21-/m0/s1. The number of carbonyl (C=O) groups excluding carboxylic acids is 1. The van der Waals surface area contributed by atoms with Crippen molar-refractivity contribution < 1.29 is 36.2 Å². The van der Waals surface area contributed by atoms with E-state index in [4.69, 9.17) is 0 Å². The summed E-state index contributed by atoms with van der Waals surface area (Å²) in [6.45, 7) is 4.33. The fraction of sp³-hybridized carbons (Fsp3) is 0.480. The van der Waals surface area contributed by atoms with Crippen LogP contribution in [0.4, 0.5) is 26.3 Å². The Labute approximate surface area is 199 Å². The van der Waals surface area contributed by atoms with Gasteiger partial charge in [-0.25, -0.2) is 0 Å². The quantitative estimate of drug-likeness (QED) is 0.454. The van der Waals surface area contributed by atoms with Crippen LogP contribution in [0.2, 0.25) is 0 Å². The van der Waals surface area contributed by atoms with E-state index >= 15 is 0 Å². The number of carbonyl (C=O) groups is 1. The van der Waals surface area contributed by atoms with Gasteiger partial charge in [0, 0.05) is 0 Å². The Hall–Kier alpha value is -2.59. The Morgan fingerprint density at radius 2 is 1.34 bits per heavy atom. The number of amides is 1. The van der Waals surface area contributed by atoms with Crippen LogP contribution < -0.4 is 10.6 Å². The van der Waals surface area contributed by atoms with Gasteiger partial charge in [-0.2, -0.15) is 26.3 Å². The third-order valence-electron chi connectivity index (χ3n) is 6.21. The number of alkyl halides is 6. The van der Waals surface area contributed by atoms with Crippen LogP contribution in [0.1, 0.15) is 55.4 Å². The second kappa shape index (κ2) is 10.2. The molecular formula is C25H28F6N2O2. The smallest absolute Gasteiger partial charge is 0.378 e. The minimum atomic E-state index is -4.61. The number of nitrogens with one attached hydrogen (secondary N) is 2. The summed E-state index contributed by atoms with van der Waals surface area (Å²) in [4.78, 5) is 12.9. The lowest BCUT2D eigenvalue weighted by Gasteiger charge is -2.39. The molecule has 0 aliphatic carbocycles. The molecule has 0 spiro atoms. The summed E-state index contributed by atoms with van der Waals surface area (Å²) < 4.78 is 78.8. The molecular weight excluding hydrogens is 474 g/mol. The number of hydrogen-bond acceptors (Lipinski definition) is 3. The highest BCUT2D eigenvalue weighted by Gasteiger charge is 2.43. The lowest BCUT2D eigenvalue weighted by Crippen LogP contribution is -2.55. The number of benzene rings is 2. The number of hydrogen-bond donors (Lipinski definition) is 3. The first-order chi connectivity index (χ1) is 16.2. The number of aliphatic hydroxyl groups is 1. The first-order valence-electron chi connectivity index (χ1n) is 11.3. The average molecular weight is 502 g/mol. The molecule has 3 N–H and O–H groups in total. The minimum Gasteiger partial charge on any atom is -0.378 e. The van der Waals surface area contributed by atoms with Gasteiger partial charge in [0.15, 0.2) is 0 Å². The second-order valence-electron chi connectivity index (χ2n) is 9.26. The maximum Gasteiger partial charge on any atom is 0.416 e. The summed E-state index contributed by atoms with van der Waals surface area (Å²) >= 11 is 0. The first-order valence-corrected chi connectivity index (χ1v) is 11.3. The molecule has 1 fully saturated rings. The van der Waals surface area contributed by atoms with Crippen molar-refractivity contribution in [1.29, 1.82) is 0 Å². The summed E-state index contributed by atoms with van der Waals surface area (Å²) in [5, 5.41) is 17.9. The molecule has 1 amide bonds. The van der Waals surface area contributed by atoms with E-state index in [0.717, 1.165) is 55.0 Å². The third kappa shape index (κ3) is 6.16. The predicted octanol–water partition coefficient (Wildman–Crippen LogP) is 5.24. The summed E-state index contributed by atoms with van der Waals surface area (Å²) in [6, 6.07) is 6.06. The van der Waals surface area contributed by atoms with Crippen molar-refractivity contribution in [2.75, 3.05) is 6.54 Å². The van der Waals surface area contributed by atoms with Gasteiger partial charge in [0.2, 0.25) is 5.91 Å². The molecule has 0 aromatic heterocycles. The topological polar surface area (TPSA) is 61.4 Å². The van der Waals surface area contributed by atoms with E-state index < -0.39 is 41.2 Å². The van der Waals surface area contributed by atoms with Crippen LogP contribution in [0.3, 0.4) is 0 Å². The number of rotatable bonds is 7. The highest BCUT2D eigenvalue weighted by Crippen LogP contribution is 2.39. The zero-order valence-corrected chi connectivity index (χ0v) is 19.3. The fourth-order valence-corrected chi connectivity index (χ4v) is 4.38. The molecule has 0 bridgehead atoms. The average Bonchev–Trinajstić information content (AvgIpc) is 3.32. The molecule has 1 aliphatic rings. The van der Waals surface area contributed by atoms with Gasteiger partial charge in [-0.05, 0) is 67.1 Å².